The van der Waals surface area contributed by atoms with E-state index in [1.165, 1.54) is 11.5 Å². The number of sulfonamides is 1. The highest BCUT2D eigenvalue weighted by molar-refractivity contribution is 7.92. The molecule has 0 bridgehead atoms. The molecule has 0 atom stereocenters. The second-order valence-corrected chi connectivity index (χ2v) is 5.93. The predicted molar refractivity (Wildman–Crippen MR) is 62.7 cm³/mol. The standard InChI is InChI=1S/C9H10N2O2S2/c1-2-15(12,13)11-8-4-3-7-6-10-14-9(7)5-8/h3-6,11H,2H2,1H3. The van der Waals surface area contributed by atoms with Gasteiger partial charge in [0.15, 0.2) is 0 Å². The summed E-state index contributed by atoms with van der Waals surface area (Å²) in [4.78, 5) is 0. The maximum atomic E-state index is 11.3. The van der Waals surface area contributed by atoms with Gasteiger partial charge in [0.05, 0.1) is 10.5 Å². The Bertz CT molecular complexity index is 575. The highest BCUT2D eigenvalue weighted by Gasteiger charge is 2.07. The monoisotopic (exact) mass is 242 g/mol. The number of aromatic nitrogens is 1. The van der Waals surface area contributed by atoms with Crippen molar-refractivity contribution in [2.45, 2.75) is 6.92 Å². The van der Waals surface area contributed by atoms with E-state index in [0.29, 0.717) is 5.69 Å². The number of nitrogens with one attached hydrogen (secondary N) is 1. The van der Waals surface area contributed by atoms with E-state index >= 15 is 0 Å². The molecule has 1 aromatic heterocycles. The molecule has 0 aliphatic heterocycles. The summed E-state index contributed by atoms with van der Waals surface area (Å²) < 4.78 is 30.1. The fourth-order valence-electron chi connectivity index (χ4n) is 1.18. The minimum absolute atomic E-state index is 0.0771. The average molecular weight is 242 g/mol. The Morgan fingerprint density at radius 2 is 2.27 bits per heavy atom. The molecule has 0 radical (unpaired) electrons. The first kappa shape index (κ1) is 10.4. The van der Waals surface area contributed by atoms with E-state index in [4.69, 9.17) is 0 Å². The lowest BCUT2D eigenvalue weighted by Crippen LogP contribution is -2.14. The molecular formula is C9H10N2O2S2. The number of nitrogens with zero attached hydrogens (tertiary/aromatic N) is 1. The van der Waals surface area contributed by atoms with Crippen molar-refractivity contribution in [1.29, 1.82) is 0 Å². The van der Waals surface area contributed by atoms with Crippen molar-refractivity contribution in [2.24, 2.45) is 0 Å². The molecule has 0 aliphatic rings. The molecule has 0 saturated carbocycles. The molecule has 1 aromatic carbocycles. The van der Waals surface area contributed by atoms with Crippen LogP contribution in [0.15, 0.2) is 24.4 Å². The summed E-state index contributed by atoms with van der Waals surface area (Å²) in [5.74, 6) is 0.0771. The Morgan fingerprint density at radius 1 is 1.47 bits per heavy atom. The van der Waals surface area contributed by atoms with E-state index in [-0.39, 0.29) is 5.75 Å². The summed E-state index contributed by atoms with van der Waals surface area (Å²) in [5, 5.41) is 1.03. The number of hydrogen-bond donors (Lipinski definition) is 1. The molecule has 1 N–H and O–H groups in total. The summed E-state index contributed by atoms with van der Waals surface area (Å²) in [6, 6.07) is 5.39. The van der Waals surface area contributed by atoms with Crippen LogP contribution in [0.2, 0.25) is 0 Å². The van der Waals surface area contributed by atoms with E-state index in [0.717, 1.165) is 10.1 Å². The first-order valence-electron chi connectivity index (χ1n) is 4.45. The molecule has 1 heterocycles. The lowest BCUT2D eigenvalue weighted by atomic mass is 10.2. The van der Waals surface area contributed by atoms with Gasteiger partial charge in [0.25, 0.3) is 0 Å². The number of rotatable bonds is 3. The van der Waals surface area contributed by atoms with Crippen LogP contribution in [0.25, 0.3) is 10.1 Å². The Hall–Kier alpha value is -1.14. The van der Waals surface area contributed by atoms with Crippen LogP contribution in [-0.2, 0) is 10.0 Å². The molecule has 2 rings (SSSR count). The Kier molecular flexibility index (Phi) is 2.62. The molecule has 6 heteroatoms. The van der Waals surface area contributed by atoms with Gasteiger partial charge < -0.3 is 0 Å². The molecule has 0 aliphatic carbocycles. The minimum Gasteiger partial charge on any atom is -0.284 e. The normalized spacial score (nSPS) is 11.8. The van der Waals surface area contributed by atoms with Crippen LogP contribution in [0.4, 0.5) is 5.69 Å². The second-order valence-electron chi connectivity index (χ2n) is 3.08. The van der Waals surface area contributed by atoms with Crippen molar-refractivity contribution in [3.05, 3.63) is 24.4 Å². The van der Waals surface area contributed by atoms with Crippen molar-refractivity contribution < 1.29 is 8.42 Å². The van der Waals surface area contributed by atoms with Crippen molar-refractivity contribution in [1.82, 2.24) is 4.37 Å². The molecule has 0 fully saturated rings. The van der Waals surface area contributed by atoms with Crippen LogP contribution in [0, 0.1) is 0 Å². The van der Waals surface area contributed by atoms with Crippen LogP contribution >= 0.6 is 11.5 Å². The smallest absolute Gasteiger partial charge is 0.232 e. The van der Waals surface area contributed by atoms with Gasteiger partial charge in [-0.15, -0.1) is 0 Å². The maximum Gasteiger partial charge on any atom is 0.232 e. The maximum absolute atomic E-state index is 11.3. The molecular weight excluding hydrogens is 232 g/mol. The summed E-state index contributed by atoms with van der Waals surface area (Å²) in [7, 11) is -3.19. The molecule has 0 unspecified atom stereocenters. The molecule has 0 saturated heterocycles. The van der Waals surface area contributed by atoms with E-state index < -0.39 is 10.0 Å². The van der Waals surface area contributed by atoms with Crippen LogP contribution in [0.5, 0.6) is 0 Å². The largest absolute Gasteiger partial charge is 0.284 e. The predicted octanol–water partition coefficient (Wildman–Crippen LogP) is 2.06. The molecule has 4 nitrogen and oxygen atoms in total. The van der Waals surface area contributed by atoms with Gasteiger partial charge in [-0.2, -0.15) is 4.37 Å². The average Bonchev–Trinajstić information content (AvgIpc) is 2.64. The fraction of sp³-hybridized carbons (Fsp3) is 0.222. The highest BCUT2D eigenvalue weighted by Crippen LogP contribution is 2.22. The number of anilines is 1. The third-order valence-corrected chi connectivity index (χ3v) is 4.08. The fourth-order valence-corrected chi connectivity index (χ4v) is 2.49. The van der Waals surface area contributed by atoms with Crippen LogP contribution < -0.4 is 4.72 Å². The Morgan fingerprint density at radius 3 is 3.00 bits per heavy atom. The van der Waals surface area contributed by atoms with Crippen molar-refractivity contribution in [2.75, 3.05) is 10.5 Å². The summed E-state index contributed by atoms with van der Waals surface area (Å²) >= 11 is 1.35. The summed E-state index contributed by atoms with van der Waals surface area (Å²) in [6.45, 7) is 1.60. The SMILES string of the molecule is CCS(=O)(=O)Nc1ccc2cnsc2c1. The van der Waals surface area contributed by atoms with E-state index in [2.05, 4.69) is 9.10 Å². The van der Waals surface area contributed by atoms with Gasteiger partial charge in [0.2, 0.25) is 10.0 Å². The minimum atomic E-state index is -3.19. The van der Waals surface area contributed by atoms with Gasteiger partial charge in [-0.05, 0) is 36.7 Å². The molecule has 15 heavy (non-hydrogen) atoms. The summed E-state index contributed by atoms with van der Waals surface area (Å²) in [6.07, 6.45) is 1.76. The Labute approximate surface area is 92.2 Å². The third kappa shape index (κ3) is 2.27. The van der Waals surface area contributed by atoms with Crippen molar-refractivity contribution >= 4 is 37.3 Å². The van der Waals surface area contributed by atoms with Gasteiger partial charge >= 0.3 is 0 Å². The number of fused-ring (bicyclic) bond motifs is 1. The van der Waals surface area contributed by atoms with Crippen molar-refractivity contribution in [3.8, 4) is 0 Å². The lowest BCUT2D eigenvalue weighted by molar-refractivity contribution is 0.602. The lowest BCUT2D eigenvalue weighted by Gasteiger charge is -2.04. The third-order valence-electron chi connectivity index (χ3n) is 2.01. The number of hydrogen-bond acceptors (Lipinski definition) is 4. The molecule has 2 aromatic rings. The second kappa shape index (κ2) is 3.79. The van der Waals surface area contributed by atoms with Gasteiger partial charge in [0, 0.05) is 17.3 Å². The zero-order valence-electron chi connectivity index (χ0n) is 8.10. The quantitative estimate of drug-likeness (QED) is 0.896. The number of benzene rings is 1. The zero-order valence-corrected chi connectivity index (χ0v) is 9.73. The van der Waals surface area contributed by atoms with Gasteiger partial charge in [-0.3, -0.25) is 4.72 Å². The zero-order chi connectivity index (χ0) is 10.9. The Balaban J connectivity index is 2.37. The van der Waals surface area contributed by atoms with Gasteiger partial charge in [-0.1, -0.05) is 0 Å². The van der Waals surface area contributed by atoms with E-state index in [1.807, 2.05) is 6.07 Å². The van der Waals surface area contributed by atoms with Gasteiger partial charge in [0.1, 0.15) is 0 Å². The molecule has 0 amide bonds. The van der Waals surface area contributed by atoms with Crippen LogP contribution in [0.3, 0.4) is 0 Å². The molecule has 80 valence electrons. The highest BCUT2D eigenvalue weighted by atomic mass is 32.2. The molecule has 0 spiro atoms. The van der Waals surface area contributed by atoms with Crippen molar-refractivity contribution in [3.63, 3.8) is 0 Å². The van der Waals surface area contributed by atoms with Gasteiger partial charge in [-0.25, -0.2) is 8.42 Å². The van der Waals surface area contributed by atoms with E-state index in [9.17, 15) is 8.42 Å². The first-order chi connectivity index (χ1) is 7.11. The van der Waals surface area contributed by atoms with E-state index in [1.54, 1.807) is 25.3 Å². The first-order valence-corrected chi connectivity index (χ1v) is 6.88. The van der Waals surface area contributed by atoms with Crippen LogP contribution in [-0.4, -0.2) is 18.5 Å². The summed E-state index contributed by atoms with van der Waals surface area (Å²) in [5.41, 5.74) is 0.591. The van der Waals surface area contributed by atoms with Crippen LogP contribution in [0.1, 0.15) is 6.92 Å². The topological polar surface area (TPSA) is 59.1 Å².